The van der Waals surface area contributed by atoms with Crippen LogP contribution in [0.5, 0.6) is 0 Å². The molecule has 3 heterocycles. The molecule has 1 aromatic heterocycles. The highest BCUT2D eigenvalue weighted by atomic mass is 16.5. The first-order valence-electron chi connectivity index (χ1n) is 8.30. The van der Waals surface area contributed by atoms with Crippen LogP contribution in [-0.4, -0.2) is 65.0 Å². The van der Waals surface area contributed by atoms with Gasteiger partial charge in [-0.25, -0.2) is 0 Å². The van der Waals surface area contributed by atoms with Gasteiger partial charge in [-0.2, -0.15) is 5.10 Å². The Balaban J connectivity index is 1.58. The minimum absolute atomic E-state index is 0.382. The van der Waals surface area contributed by atoms with Crippen LogP contribution in [0.1, 0.15) is 37.9 Å². The molecular formula is C16H28N4O. The van der Waals surface area contributed by atoms with E-state index in [2.05, 4.69) is 34.9 Å². The summed E-state index contributed by atoms with van der Waals surface area (Å²) < 4.78 is 7.67. The zero-order valence-corrected chi connectivity index (χ0v) is 13.4. The molecule has 2 fully saturated rings. The Bertz CT molecular complexity index is 447. The van der Waals surface area contributed by atoms with Gasteiger partial charge in [0.1, 0.15) is 0 Å². The van der Waals surface area contributed by atoms with Gasteiger partial charge in [0, 0.05) is 39.4 Å². The fraction of sp³-hybridized carbons (Fsp3) is 0.812. The predicted molar refractivity (Wildman–Crippen MR) is 83.2 cm³/mol. The van der Waals surface area contributed by atoms with Gasteiger partial charge in [0.25, 0.3) is 0 Å². The van der Waals surface area contributed by atoms with E-state index in [-0.39, 0.29) is 0 Å². The molecule has 0 unspecified atom stereocenters. The van der Waals surface area contributed by atoms with Crippen LogP contribution in [0, 0.1) is 0 Å². The quantitative estimate of drug-likeness (QED) is 0.845. The van der Waals surface area contributed by atoms with E-state index in [9.17, 15) is 0 Å². The lowest BCUT2D eigenvalue weighted by molar-refractivity contribution is -0.0229. The lowest BCUT2D eigenvalue weighted by Gasteiger charge is -2.38. The van der Waals surface area contributed by atoms with E-state index < -0.39 is 0 Å². The zero-order valence-electron chi connectivity index (χ0n) is 13.4. The van der Waals surface area contributed by atoms with E-state index in [0.717, 1.165) is 32.8 Å². The van der Waals surface area contributed by atoms with E-state index >= 15 is 0 Å². The second-order valence-electron chi connectivity index (χ2n) is 6.41. The molecule has 3 rings (SSSR count). The molecule has 2 saturated heterocycles. The van der Waals surface area contributed by atoms with Crippen LogP contribution in [0.2, 0.25) is 0 Å². The molecule has 0 radical (unpaired) electrons. The molecule has 5 heteroatoms. The maximum absolute atomic E-state index is 5.63. The highest BCUT2D eigenvalue weighted by Gasteiger charge is 2.26. The molecule has 5 nitrogen and oxygen atoms in total. The zero-order chi connectivity index (χ0) is 14.7. The third kappa shape index (κ3) is 3.65. The topological polar surface area (TPSA) is 33.5 Å². The van der Waals surface area contributed by atoms with Crippen LogP contribution in [0.15, 0.2) is 12.3 Å². The van der Waals surface area contributed by atoms with Crippen molar-refractivity contribution in [1.29, 1.82) is 0 Å². The first kappa shape index (κ1) is 15.0. The summed E-state index contributed by atoms with van der Waals surface area (Å²) in [5, 5.41) is 4.35. The van der Waals surface area contributed by atoms with Gasteiger partial charge in [-0.1, -0.05) is 6.42 Å². The van der Waals surface area contributed by atoms with Crippen molar-refractivity contribution in [3.63, 3.8) is 0 Å². The molecule has 21 heavy (non-hydrogen) atoms. The molecule has 2 aliphatic rings. The number of aromatic nitrogens is 2. The molecule has 0 spiro atoms. The molecule has 118 valence electrons. The molecule has 0 saturated carbocycles. The fourth-order valence-corrected chi connectivity index (χ4v) is 3.67. The predicted octanol–water partition coefficient (Wildman–Crippen LogP) is 1.67. The van der Waals surface area contributed by atoms with Gasteiger partial charge in [0.05, 0.1) is 24.4 Å². The molecule has 2 aliphatic heterocycles. The summed E-state index contributed by atoms with van der Waals surface area (Å²) in [5.41, 5.74) is 1.37. The van der Waals surface area contributed by atoms with Gasteiger partial charge in [0.2, 0.25) is 0 Å². The third-order valence-electron chi connectivity index (χ3n) is 4.84. The fourth-order valence-electron chi connectivity index (χ4n) is 3.67. The number of aryl methyl sites for hydroxylation is 1. The van der Waals surface area contributed by atoms with Crippen molar-refractivity contribution in [3.05, 3.63) is 18.0 Å². The Hall–Kier alpha value is -0.910. The van der Waals surface area contributed by atoms with Gasteiger partial charge >= 0.3 is 0 Å². The van der Waals surface area contributed by atoms with Crippen molar-refractivity contribution in [2.24, 2.45) is 7.05 Å². The van der Waals surface area contributed by atoms with Crippen LogP contribution in [-0.2, 0) is 11.8 Å². The second kappa shape index (κ2) is 6.90. The smallest absolute Gasteiger partial charge is 0.0674 e. The van der Waals surface area contributed by atoms with E-state index in [0.29, 0.717) is 12.1 Å². The lowest BCUT2D eigenvalue weighted by atomic mass is 9.99. The molecule has 0 aromatic carbocycles. The summed E-state index contributed by atoms with van der Waals surface area (Å²) in [6, 6.07) is 2.73. The number of piperidine rings is 1. The summed E-state index contributed by atoms with van der Waals surface area (Å²) in [7, 11) is 2.06. The second-order valence-corrected chi connectivity index (χ2v) is 6.41. The number of likely N-dealkylation sites (tertiary alicyclic amines) is 1. The van der Waals surface area contributed by atoms with Crippen LogP contribution < -0.4 is 0 Å². The largest absolute Gasteiger partial charge is 0.376 e. The standard InChI is InChI=1S/C16H28N4O/c1-14-13-19(11-12-21-14)9-10-20-8-4-3-5-16(20)15-6-7-17-18(15)2/h6-7,14,16H,3-5,8-13H2,1-2H3/t14-,16-/m0/s1. The Morgan fingerprint density at radius 3 is 2.95 bits per heavy atom. The van der Waals surface area contributed by atoms with Crippen molar-refractivity contribution in [2.75, 3.05) is 39.3 Å². The number of hydrogen-bond donors (Lipinski definition) is 0. The summed E-state index contributed by atoms with van der Waals surface area (Å²) in [6.45, 7) is 8.73. The molecule has 0 bridgehead atoms. The van der Waals surface area contributed by atoms with Crippen molar-refractivity contribution < 1.29 is 4.74 Å². The van der Waals surface area contributed by atoms with Crippen molar-refractivity contribution >= 4 is 0 Å². The van der Waals surface area contributed by atoms with Crippen molar-refractivity contribution in [3.8, 4) is 0 Å². The molecule has 0 aliphatic carbocycles. The average Bonchev–Trinajstić information content (AvgIpc) is 2.91. The molecular weight excluding hydrogens is 264 g/mol. The summed E-state index contributed by atoms with van der Waals surface area (Å²) >= 11 is 0. The Kier molecular flexibility index (Phi) is 4.93. The van der Waals surface area contributed by atoms with E-state index in [4.69, 9.17) is 4.74 Å². The van der Waals surface area contributed by atoms with E-state index in [1.165, 1.54) is 31.5 Å². The van der Waals surface area contributed by atoms with Gasteiger partial charge in [-0.3, -0.25) is 14.5 Å². The lowest BCUT2D eigenvalue weighted by Crippen LogP contribution is -2.46. The summed E-state index contributed by atoms with van der Waals surface area (Å²) in [6.07, 6.45) is 6.23. The summed E-state index contributed by atoms with van der Waals surface area (Å²) in [5.74, 6) is 0. The normalized spacial score (nSPS) is 28.9. The Morgan fingerprint density at radius 1 is 1.29 bits per heavy atom. The minimum atomic E-state index is 0.382. The molecule has 2 atom stereocenters. The Morgan fingerprint density at radius 2 is 2.19 bits per heavy atom. The number of morpholine rings is 1. The number of hydrogen-bond acceptors (Lipinski definition) is 4. The van der Waals surface area contributed by atoms with Gasteiger partial charge in [-0.05, 0) is 32.4 Å². The number of nitrogens with zero attached hydrogens (tertiary/aromatic N) is 4. The first-order valence-corrected chi connectivity index (χ1v) is 8.30. The Labute approximate surface area is 127 Å². The number of ether oxygens (including phenoxy) is 1. The van der Waals surface area contributed by atoms with E-state index in [1.807, 2.05) is 10.9 Å². The van der Waals surface area contributed by atoms with Crippen LogP contribution in [0.25, 0.3) is 0 Å². The SMILES string of the molecule is C[C@H]1CN(CCN2CCCC[C@H]2c2ccnn2C)CCO1. The van der Waals surface area contributed by atoms with Gasteiger partial charge < -0.3 is 4.74 Å². The van der Waals surface area contributed by atoms with Crippen molar-refractivity contribution in [1.82, 2.24) is 19.6 Å². The highest BCUT2D eigenvalue weighted by molar-refractivity contribution is 5.08. The minimum Gasteiger partial charge on any atom is -0.376 e. The van der Waals surface area contributed by atoms with Gasteiger partial charge in [0.15, 0.2) is 0 Å². The first-order chi connectivity index (χ1) is 10.2. The average molecular weight is 292 g/mol. The van der Waals surface area contributed by atoms with Crippen LogP contribution >= 0.6 is 0 Å². The maximum Gasteiger partial charge on any atom is 0.0674 e. The third-order valence-corrected chi connectivity index (χ3v) is 4.84. The molecule has 0 amide bonds. The highest BCUT2D eigenvalue weighted by Crippen LogP contribution is 2.30. The monoisotopic (exact) mass is 292 g/mol. The van der Waals surface area contributed by atoms with Crippen LogP contribution in [0.3, 0.4) is 0 Å². The van der Waals surface area contributed by atoms with Crippen molar-refractivity contribution in [2.45, 2.75) is 38.3 Å². The van der Waals surface area contributed by atoms with E-state index in [1.54, 1.807) is 0 Å². The van der Waals surface area contributed by atoms with Gasteiger partial charge in [-0.15, -0.1) is 0 Å². The number of rotatable bonds is 4. The molecule has 0 N–H and O–H groups in total. The summed E-state index contributed by atoms with van der Waals surface area (Å²) in [4.78, 5) is 5.20. The molecule has 1 aromatic rings. The maximum atomic E-state index is 5.63. The van der Waals surface area contributed by atoms with Crippen LogP contribution in [0.4, 0.5) is 0 Å².